The summed E-state index contributed by atoms with van der Waals surface area (Å²) in [5.41, 5.74) is -2.85. The van der Waals surface area contributed by atoms with Crippen LogP contribution in [0.5, 0.6) is 17.2 Å². The van der Waals surface area contributed by atoms with Gasteiger partial charge in [-0.2, -0.15) is 0 Å². The van der Waals surface area contributed by atoms with Crippen LogP contribution in [0, 0.1) is 46.8 Å². The van der Waals surface area contributed by atoms with Crippen LogP contribution in [0.4, 0.5) is 33.3 Å². The number of para-hydroxylation sites is 1. The summed E-state index contributed by atoms with van der Waals surface area (Å²) in [6.07, 6.45) is 0.428. The number of ether oxygens (including phenoxy) is 1. The molecule has 2 saturated heterocycles. The summed E-state index contributed by atoms with van der Waals surface area (Å²) in [7, 11) is 1.18. The summed E-state index contributed by atoms with van der Waals surface area (Å²) >= 11 is 14.1. The standard InChI is InChI=1S/C34H21Cl2F5N2O9/c1-52-18-4-2-3-15(27(18)45)20-12-7-8-14-19(29(47)42(28(14)46)11-5-6-13(30(48)49)17(44)9-11)16(12)10-33(35)31(50)43(32(51)34(20,33)36)26-24(40)22(38)21(37)23(39)25(26)41/h2-7,9,14,16,19-20,44-45H,8,10H2,1H3,(H,48,49)/t14-,16+,19-,20+,33+,34-/m0/s1. The van der Waals surface area contributed by atoms with E-state index in [1.54, 1.807) is 0 Å². The van der Waals surface area contributed by atoms with Gasteiger partial charge in [-0.05, 0) is 37.0 Å². The molecule has 4 amide bonds. The normalized spacial score (nSPS) is 28.1. The molecule has 0 unspecified atom stereocenters. The molecule has 4 aliphatic rings. The molecular weight excluding hydrogens is 746 g/mol. The maximum atomic E-state index is 15.2. The van der Waals surface area contributed by atoms with Crippen molar-refractivity contribution in [3.8, 4) is 17.2 Å². The van der Waals surface area contributed by atoms with Crippen LogP contribution in [0.2, 0.25) is 0 Å². The van der Waals surface area contributed by atoms with Crippen LogP contribution in [-0.2, 0) is 19.2 Å². The van der Waals surface area contributed by atoms with Crippen molar-refractivity contribution in [2.24, 2.45) is 17.8 Å². The number of anilines is 2. The highest BCUT2D eigenvalue weighted by molar-refractivity contribution is 6.58. The van der Waals surface area contributed by atoms with E-state index in [0.717, 1.165) is 18.2 Å². The quantitative estimate of drug-likeness (QED) is 0.0785. The topological polar surface area (TPSA) is 162 Å². The van der Waals surface area contributed by atoms with Crippen LogP contribution >= 0.6 is 23.2 Å². The van der Waals surface area contributed by atoms with E-state index in [2.05, 4.69) is 0 Å². The van der Waals surface area contributed by atoms with Gasteiger partial charge in [0.1, 0.15) is 17.0 Å². The number of alkyl halides is 2. The number of aromatic carboxylic acids is 1. The Morgan fingerprint density at radius 2 is 1.50 bits per heavy atom. The lowest BCUT2D eigenvalue weighted by atomic mass is 9.56. The monoisotopic (exact) mass is 766 g/mol. The number of hydrogen-bond acceptors (Lipinski definition) is 8. The third kappa shape index (κ3) is 4.33. The molecule has 2 aliphatic carbocycles. The lowest BCUT2D eigenvalue weighted by molar-refractivity contribution is -0.125. The van der Waals surface area contributed by atoms with Gasteiger partial charge in [0.05, 0.1) is 24.6 Å². The van der Waals surface area contributed by atoms with Gasteiger partial charge in [-0.3, -0.25) is 19.2 Å². The molecule has 0 spiro atoms. The SMILES string of the molecule is COc1cccc([C@H]2C3=CC[C@@H]4C(=O)N(c5ccc(C(=O)O)c(O)c5)C(=O)[C@@H]4[C@@H]3C[C@@]3(Cl)C(=O)N(c4c(F)c(F)c(F)c(F)c4F)C(=O)[C@@]23Cl)c1O. The van der Waals surface area contributed by atoms with Crippen molar-refractivity contribution in [3.05, 3.63) is 88.3 Å². The van der Waals surface area contributed by atoms with E-state index in [1.807, 2.05) is 0 Å². The second-order valence-corrected chi connectivity index (χ2v) is 13.9. The lowest BCUT2D eigenvalue weighted by Gasteiger charge is -2.50. The molecule has 2 aliphatic heterocycles. The van der Waals surface area contributed by atoms with E-state index in [4.69, 9.17) is 27.9 Å². The van der Waals surface area contributed by atoms with Crippen molar-refractivity contribution in [2.45, 2.75) is 28.5 Å². The third-order valence-corrected chi connectivity index (χ3v) is 11.7. The minimum atomic E-state index is -2.87. The van der Waals surface area contributed by atoms with E-state index in [9.17, 15) is 52.5 Å². The molecule has 3 N–H and O–H groups in total. The molecule has 0 aromatic heterocycles. The number of carbonyl (C=O) groups excluding carboxylic acids is 4. The average Bonchev–Trinajstić information content (AvgIpc) is 3.44. The zero-order chi connectivity index (χ0) is 37.9. The van der Waals surface area contributed by atoms with E-state index in [0.29, 0.717) is 4.90 Å². The minimum Gasteiger partial charge on any atom is -0.507 e. The van der Waals surface area contributed by atoms with Gasteiger partial charge in [-0.1, -0.05) is 23.8 Å². The summed E-state index contributed by atoms with van der Waals surface area (Å²) in [5.74, 6) is -26.4. The number of phenols is 2. The smallest absolute Gasteiger partial charge is 0.339 e. The summed E-state index contributed by atoms with van der Waals surface area (Å²) in [5, 5.41) is 30.9. The van der Waals surface area contributed by atoms with Gasteiger partial charge in [0.15, 0.2) is 44.5 Å². The van der Waals surface area contributed by atoms with Crippen LogP contribution in [-0.4, -0.2) is 61.8 Å². The maximum absolute atomic E-state index is 15.2. The fourth-order valence-electron chi connectivity index (χ4n) is 7.94. The number of carboxylic acid groups (broad SMARTS) is 1. The van der Waals surface area contributed by atoms with Crippen LogP contribution in [0.25, 0.3) is 0 Å². The van der Waals surface area contributed by atoms with Gasteiger partial charge in [-0.15, -0.1) is 23.2 Å². The molecule has 1 saturated carbocycles. The van der Waals surface area contributed by atoms with Crippen molar-refractivity contribution in [3.63, 3.8) is 0 Å². The van der Waals surface area contributed by atoms with Crippen molar-refractivity contribution in [1.29, 1.82) is 0 Å². The maximum Gasteiger partial charge on any atom is 0.339 e. The second-order valence-electron chi connectivity index (χ2n) is 12.6. The fourth-order valence-corrected chi connectivity index (χ4v) is 8.87. The Hall–Kier alpha value is -5.22. The Balaban J connectivity index is 1.43. The van der Waals surface area contributed by atoms with E-state index < -0.39 is 121 Å². The van der Waals surface area contributed by atoms with Crippen LogP contribution in [0.1, 0.15) is 34.7 Å². The molecule has 18 heteroatoms. The molecule has 6 atom stereocenters. The molecule has 270 valence electrons. The molecule has 3 aromatic carbocycles. The van der Waals surface area contributed by atoms with Crippen LogP contribution in [0.3, 0.4) is 0 Å². The van der Waals surface area contributed by atoms with Crippen molar-refractivity contribution in [2.75, 3.05) is 16.9 Å². The number of amides is 4. The molecule has 3 aromatic rings. The third-order valence-electron chi connectivity index (χ3n) is 10.3. The number of aromatic hydroxyl groups is 2. The number of rotatable bonds is 5. The predicted molar refractivity (Wildman–Crippen MR) is 169 cm³/mol. The fraction of sp³-hybridized carbons (Fsp3) is 0.265. The molecule has 52 heavy (non-hydrogen) atoms. The number of fused-ring (bicyclic) bond motifs is 4. The van der Waals surface area contributed by atoms with Gasteiger partial charge < -0.3 is 20.1 Å². The Morgan fingerprint density at radius 1 is 0.865 bits per heavy atom. The number of benzene rings is 3. The van der Waals surface area contributed by atoms with Crippen LogP contribution < -0.4 is 14.5 Å². The Morgan fingerprint density at radius 3 is 2.10 bits per heavy atom. The first-order valence-corrected chi connectivity index (χ1v) is 16.0. The first kappa shape index (κ1) is 35.2. The van der Waals surface area contributed by atoms with Crippen LogP contribution in [0.15, 0.2) is 48.0 Å². The van der Waals surface area contributed by atoms with Gasteiger partial charge >= 0.3 is 5.97 Å². The Bertz CT molecular complexity index is 2210. The number of nitrogens with zero attached hydrogens (tertiary/aromatic N) is 2. The van der Waals surface area contributed by atoms with E-state index in [-0.39, 0.29) is 33.9 Å². The average molecular weight is 767 g/mol. The summed E-state index contributed by atoms with van der Waals surface area (Å²) in [6.45, 7) is 0. The van der Waals surface area contributed by atoms with E-state index in [1.165, 1.54) is 31.4 Å². The number of carboxylic acids is 1. The molecule has 2 heterocycles. The largest absolute Gasteiger partial charge is 0.507 e. The zero-order valence-corrected chi connectivity index (χ0v) is 27.6. The summed E-state index contributed by atoms with van der Waals surface area (Å²) in [6, 6.07) is 6.87. The van der Waals surface area contributed by atoms with Gasteiger partial charge in [0.25, 0.3) is 11.8 Å². The van der Waals surface area contributed by atoms with Gasteiger partial charge in [0.2, 0.25) is 17.6 Å². The van der Waals surface area contributed by atoms with Gasteiger partial charge in [-0.25, -0.2) is 36.5 Å². The highest BCUT2D eigenvalue weighted by Gasteiger charge is 2.77. The molecule has 11 nitrogen and oxygen atoms in total. The van der Waals surface area contributed by atoms with Crippen molar-refractivity contribution >= 4 is 64.2 Å². The molecule has 0 radical (unpaired) electrons. The van der Waals surface area contributed by atoms with E-state index >= 15 is 8.78 Å². The molecule has 0 bridgehead atoms. The highest BCUT2D eigenvalue weighted by Crippen LogP contribution is 2.67. The minimum absolute atomic E-state index is 0.0727. The predicted octanol–water partition coefficient (Wildman–Crippen LogP) is 5.27. The number of phenolic OH excluding ortho intramolecular Hbond substituents is 1. The molecular formula is C34H21Cl2F5N2O9. The Labute approximate surface area is 298 Å². The van der Waals surface area contributed by atoms with Crippen molar-refractivity contribution < 1.29 is 66.0 Å². The zero-order valence-electron chi connectivity index (χ0n) is 26.1. The summed E-state index contributed by atoms with van der Waals surface area (Å²) < 4.78 is 78.5. The lowest BCUT2D eigenvalue weighted by Crippen LogP contribution is -2.60. The second kappa shape index (κ2) is 11.6. The number of imide groups is 2. The number of methoxy groups -OCH3 is 1. The first-order valence-electron chi connectivity index (χ1n) is 15.2. The number of hydrogen-bond donors (Lipinski definition) is 3. The molecule has 7 rings (SSSR count). The number of allylic oxidation sites excluding steroid dienone is 2. The highest BCUT2D eigenvalue weighted by atomic mass is 35.5. The number of halogens is 7. The summed E-state index contributed by atoms with van der Waals surface area (Å²) in [4.78, 5) is 62.7. The molecule has 3 fully saturated rings. The van der Waals surface area contributed by atoms with Gasteiger partial charge in [0, 0.05) is 17.5 Å². The Kier molecular flexibility index (Phi) is 7.88. The first-order chi connectivity index (χ1) is 24.4. The number of carbonyl (C=O) groups is 5. The van der Waals surface area contributed by atoms with Crippen molar-refractivity contribution in [1.82, 2.24) is 0 Å².